The molecule has 54 heavy (non-hydrogen) atoms. The van der Waals surface area contributed by atoms with Crippen LogP contribution in [0.3, 0.4) is 0 Å². The molecule has 0 N–H and O–H groups in total. The predicted molar refractivity (Wildman–Crippen MR) is 230 cm³/mol. The van der Waals surface area contributed by atoms with Crippen molar-refractivity contribution in [2.24, 2.45) is 0 Å². The molecule has 9 aromatic rings. The Kier molecular flexibility index (Phi) is 6.46. The zero-order chi connectivity index (χ0) is 36.3. The molecule has 0 saturated heterocycles. The number of benzene rings is 9. The maximum atomic E-state index is 2.51. The molecule has 0 aromatic heterocycles. The van der Waals surface area contributed by atoms with Crippen LogP contribution in [-0.4, -0.2) is 0 Å². The molecule has 2 aliphatic carbocycles. The summed E-state index contributed by atoms with van der Waals surface area (Å²) in [5.74, 6) is 0. The Bertz CT molecular complexity index is 3030. The van der Waals surface area contributed by atoms with E-state index in [1.54, 1.807) is 0 Å². The molecule has 0 spiro atoms. The summed E-state index contributed by atoms with van der Waals surface area (Å²) in [6.45, 7) is 9.58. The summed E-state index contributed by atoms with van der Waals surface area (Å²) in [6.07, 6.45) is 0. The molecule has 9 aromatic carbocycles. The van der Waals surface area contributed by atoms with Gasteiger partial charge in [-0.2, -0.15) is 0 Å². The Morgan fingerprint density at radius 1 is 0.296 bits per heavy atom. The van der Waals surface area contributed by atoms with E-state index >= 15 is 0 Å². The smallest absolute Gasteiger partial charge is 0.0159 e. The van der Waals surface area contributed by atoms with Crippen LogP contribution in [0.25, 0.3) is 88.0 Å². The summed E-state index contributed by atoms with van der Waals surface area (Å²) in [6, 6.07) is 63.9. The van der Waals surface area contributed by atoms with Gasteiger partial charge in [0.15, 0.2) is 0 Å². The monoisotopic (exact) mass is 688 g/mol. The average molecular weight is 689 g/mol. The van der Waals surface area contributed by atoms with Crippen molar-refractivity contribution in [3.8, 4) is 55.6 Å². The van der Waals surface area contributed by atoms with Crippen molar-refractivity contribution >= 4 is 32.3 Å². The molecule has 11 rings (SSSR count). The molecule has 0 unspecified atom stereocenters. The van der Waals surface area contributed by atoms with Gasteiger partial charge in [-0.05, 0) is 134 Å². The van der Waals surface area contributed by atoms with Gasteiger partial charge in [-0.25, -0.2) is 0 Å². The van der Waals surface area contributed by atoms with Gasteiger partial charge in [-0.15, -0.1) is 0 Å². The van der Waals surface area contributed by atoms with E-state index in [0.29, 0.717) is 0 Å². The minimum Gasteiger partial charge on any atom is -0.0622 e. The summed E-state index contributed by atoms with van der Waals surface area (Å²) in [5, 5.41) is 7.70. The summed E-state index contributed by atoms with van der Waals surface area (Å²) in [5.41, 5.74) is 18.7. The van der Waals surface area contributed by atoms with Crippen molar-refractivity contribution in [1.29, 1.82) is 0 Å². The van der Waals surface area contributed by atoms with E-state index in [1.807, 2.05) is 0 Å². The second-order valence-corrected chi connectivity index (χ2v) is 16.5. The summed E-state index contributed by atoms with van der Waals surface area (Å²) >= 11 is 0. The molecular formula is C54H40. The van der Waals surface area contributed by atoms with E-state index < -0.39 is 0 Å². The molecule has 0 bridgehead atoms. The molecule has 0 heteroatoms. The third-order valence-corrected chi connectivity index (χ3v) is 12.8. The van der Waals surface area contributed by atoms with Crippen LogP contribution in [0.1, 0.15) is 49.9 Å². The van der Waals surface area contributed by atoms with Gasteiger partial charge in [0.2, 0.25) is 0 Å². The normalized spacial score (nSPS) is 14.6. The van der Waals surface area contributed by atoms with Gasteiger partial charge in [0.25, 0.3) is 0 Å². The van der Waals surface area contributed by atoms with Crippen molar-refractivity contribution in [1.82, 2.24) is 0 Å². The van der Waals surface area contributed by atoms with Crippen molar-refractivity contribution in [3.63, 3.8) is 0 Å². The lowest BCUT2D eigenvalue weighted by molar-refractivity contribution is 0.652. The number of hydrogen-bond acceptors (Lipinski definition) is 0. The summed E-state index contributed by atoms with van der Waals surface area (Å²) in [7, 11) is 0. The van der Waals surface area contributed by atoms with E-state index in [9.17, 15) is 0 Å². The fourth-order valence-electron chi connectivity index (χ4n) is 10.1. The molecule has 0 fully saturated rings. The SMILES string of the molecule is CC1(C)c2ccccc2-c2cc3c(cc21)-c1ccc(-c2cccc(-c4c5ccccc5c(-c5ccccc5)c5ccc6ccccc6c45)c2)cc1C3(C)C. The largest absolute Gasteiger partial charge is 0.0622 e. The second-order valence-electron chi connectivity index (χ2n) is 16.5. The Morgan fingerprint density at radius 3 is 1.63 bits per heavy atom. The quantitative estimate of drug-likeness (QED) is 0.128. The van der Waals surface area contributed by atoms with Crippen molar-refractivity contribution < 1.29 is 0 Å². The molecule has 0 saturated carbocycles. The molecule has 0 nitrogen and oxygen atoms in total. The first-order valence-corrected chi connectivity index (χ1v) is 19.3. The average Bonchev–Trinajstić information content (AvgIpc) is 3.58. The van der Waals surface area contributed by atoms with Crippen LogP contribution >= 0.6 is 0 Å². The highest BCUT2D eigenvalue weighted by atomic mass is 14.4. The first-order valence-electron chi connectivity index (χ1n) is 19.3. The van der Waals surface area contributed by atoms with Gasteiger partial charge in [0.05, 0.1) is 0 Å². The third-order valence-electron chi connectivity index (χ3n) is 12.8. The third kappa shape index (κ3) is 4.26. The lowest BCUT2D eigenvalue weighted by atomic mass is 9.79. The number of rotatable bonds is 3. The van der Waals surface area contributed by atoms with E-state index in [2.05, 4.69) is 198 Å². The van der Waals surface area contributed by atoms with E-state index in [-0.39, 0.29) is 10.8 Å². The Hall–Kier alpha value is -6.24. The topological polar surface area (TPSA) is 0 Å². The van der Waals surface area contributed by atoms with Crippen molar-refractivity contribution in [3.05, 3.63) is 192 Å². The lowest BCUT2D eigenvalue weighted by Gasteiger charge is -2.24. The first-order chi connectivity index (χ1) is 26.3. The van der Waals surface area contributed by atoms with Crippen LogP contribution in [0.5, 0.6) is 0 Å². The van der Waals surface area contributed by atoms with Crippen LogP contribution in [0.4, 0.5) is 0 Å². The molecule has 0 heterocycles. The second kappa shape index (κ2) is 11.1. The molecule has 0 atom stereocenters. The lowest BCUT2D eigenvalue weighted by Crippen LogP contribution is -2.17. The highest BCUT2D eigenvalue weighted by Crippen LogP contribution is 2.56. The molecule has 0 radical (unpaired) electrons. The maximum Gasteiger partial charge on any atom is 0.0159 e. The van der Waals surface area contributed by atoms with E-state index in [4.69, 9.17) is 0 Å². The Balaban J connectivity index is 1.10. The fraction of sp³-hybridized carbons (Fsp3) is 0.111. The zero-order valence-corrected chi connectivity index (χ0v) is 31.2. The number of hydrogen-bond donors (Lipinski definition) is 0. The summed E-state index contributed by atoms with van der Waals surface area (Å²) < 4.78 is 0. The van der Waals surface area contributed by atoms with Crippen molar-refractivity contribution in [2.75, 3.05) is 0 Å². The zero-order valence-electron chi connectivity index (χ0n) is 31.2. The van der Waals surface area contributed by atoms with E-state index in [1.165, 1.54) is 110 Å². The Labute approximate surface area is 317 Å². The molecule has 2 aliphatic rings. The maximum absolute atomic E-state index is 2.51. The van der Waals surface area contributed by atoms with Gasteiger partial charge in [0, 0.05) is 10.8 Å². The highest BCUT2D eigenvalue weighted by molar-refractivity contribution is 6.28. The van der Waals surface area contributed by atoms with Gasteiger partial charge in [-0.3, -0.25) is 0 Å². The molecule has 0 aliphatic heterocycles. The predicted octanol–water partition coefficient (Wildman–Crippen LogP) is 14.8. The minimum atomic E-state index is -0.117. The van der Waals surface area contributed by atoms with Crippen LogP contribution in [-0.2, 0) is 10.8 Å². The molecule has 0 amide bonds. The van der Waals surface area contributed by atoms with Gasteiger partial charge < -0.3 is 0 Å². The standard InChI is InChI=1S/C54H40/c1-53(2)46-24-13-12-21-39(46)44-31-49-45(32-48(44)53)40-27-26-36(30-47(40)54(49,3)4)35-18-14-19-37(29-35)51-42-23-11-10-22-41(42)50(34-16-6-5-7-17-34)43-28-25-33-15-8-9-20-38(33)52(43)51/h5-32H,1-4H3. The Morgan fingerprint density at radius 2 is 0.852 bits per heavy atom. The van der Waals surface area contributed by atoms with Gasteiger partial charge >= 0.3 is 0 Å². The minimum absolute atomic E-state index is 0.0206. The summed E-state index contributed by atoms with van der Waals surface area (Å²) in [4.78, 5) is 0. The van der Waals surface area contributed by atoms with Crippen LogP contribution in [0.2, 0.25) is 0 Å². The molecule has 256 valence electrons. The van der Waals surface area contributed by atoms with E-state index in [0.717, 1.165) is 0 Å². The highest BCUT2D eigenvalue weighted by Gasteiger charge is 2.41. The van der Waals surface area contributed by atoms with Gasteiger partial charge in [0.1, 0.15) is 0 Å². The van der Waals surface area contributed by atoms with Crippen molar-refractivity contribution in [2.45, 2.75) is 38.5 Å². The van der Waals surface area contributed by atoms with Crippen LogP contribution in [0, 0.1) is 0 Å². The van der Waals surface area contributed by atoms with Crippen LogP contribution in [0.15, 0.2) is 170 Å². The molecular weight excluding hydrogens is 649 g/mol. The van der Waals surface area contributed by atoms with Crippen LogP contribution < -0.4 is 0 Å². The number of fused-ring (bicyclic) bond motifs is 10. The van der Waals surface area contributed by atoms with Gasteiger partial charge in [-0.1, -0.05) is 173 Å². The fourth-order valence-corrected chi connectivity index (χ4v) is 10.1. The first kappa shape index (κ1) is 31.3.